The van der Waals surface area contributed by atoms with Crippen LogP contribution in [0, 0.1) is 13.8 Å². The van der Waals surface area contributed by atoms with Crippen LogP contribution >= 0.6 is 0 Å². The third kappa shape index (κ3) is 5.07. The van der Waals surface area contributed by atoms with E-state index in [1.165, 1.54) is 11.1 Å². The number of ether oxygens (including phenoxy) is 1. The van der Waals surface area contributed by atoms with E-state index in [9.17, 15) is 5.11 Å². The molecule has 0 unspecified atom stereocenters. The lowest BCUT2D eigenvalue weighted by molar-refractivity contribution is 0.0411. The van der Waals surface area contributed by atoms with Crippen molar-refractivity contribution in [1.29, 1.82) is 0 Å². The number of likely N-dealkylation sites (N-methyl/N-ethyl adjacent to an activating group) is 1. The van der Waals surface area contributed by atoms with Gasteiger partial charge in [-0.3, -0.25) is 0 Å². The third-order valence-corrected chi connectivity index (χ3v) is 2.79. The van der Waals surface area contributed by atoms with E-state index in [0.717, 1.165) is 12.3 Å². The van der Waals surface area contributed by atoms with Crippen molar-refractivity contribution < 1.29 is 9.84 Å². The van der Waals surface area contributed by atoms with Crippen molar-refractivity contribution in [3.05, 3.63) is 29.3 Å². The topological polar surface area (TPSA) is 32.7 Å². The fourth-order valence-corrected chi connectivity index (χ4v) is 2.07. The van der Waals surface area contributed by atoms with E-state index in [-0.39, 0.29) is 0 Å². The van der Waals surface area contributed by atoms with Gasteiger partial charge in [-0.25, -0.2) is 0 Å². The normalized spacial score (nSPS) is 11.9. The van der Waals surface area contributed by atoms with E-state index in [2.05, 4.69) is 30.9 Å². The van der Waals surface area contributed by atoms with Gasteiger partial charge in [-0.05, 0) is 45.9 Å². The Kier molecular flexibility index (Phi) is 5.17. The zero-order chi connectivity index (χ0) is 13.8. The van der Waals surface area contributed by atoms with Crippen LogP contribution in [0.25, 0.3) is 0 Å². The van der Waals surface area contributed by atoms with Crippen LogP contribution in [0.5, 0.6) is 5.75 Å². The molecular weight excluding hydrogens is 226 g/mol. The highest BCUT2D eigenvalue weighted by Crippen LogP contribution is 2.22. The zero-order valence-electron chi connectivity index (χ0n) is 12.2. The summed E-state index contributed by atoms with van der Waals surface area (Å²) in [6.07, 6.45) is 0. The first-order chi connectivity index (χ1) is 8.29. The van der Waals surface area contributed by atoms with Crippen LogP contribution in [0.2, 0.25) is 0 Å². The van der Waals surface area contributed by atoms with Gasteiger partial charge in [-0.1, -0.05) is 18.2 Å². The van der Waals surface area contributed by atoms with Crippen molar-refractivity contribution in [1.82, 2.24) is 4.90 Å². The number of para-hydroxylation sites is 1. The second-order valence-corrected chi connectivity index (χ2v) is 5.62. The molecule has 1 aromatic carbocycles. The number of nitrogens with zero attached hydrogens (tertiary/aromatic N) is 1. The predicted molar refractivity (Wildman–Crippen MR) is 75.2 cm³/mol. The lowest BCUT2D eigenvalue weighted by atomic mass is 10.1. The van der Waals surface area contributed by atoms with Gasteiger partial charge in [0.05, 0.1) is 5.60 Å². The maximum Gasteiger partial charge on any atom is 0.125 e. The van der Waals surface area contributed by atoms with Gasteiger partial charge in [0.15, 0.2) is 0 Å². The monoisotopic (exact) mass is 251 g/mol. The Balaban J connectivity index is 2.42. The van der Waals surface area contributed by atoms with E-state index in [1.807, 2.05) is 27.0 Å². The fraction of sp³-hybridized carbons (Fsp3) is 0.600. The minimum Gasteiger partial charge on any atom is -0.492 e. The van der Waals surface area contributed by atoms with E-state index < -0.39 is 5.60 Å². The average molecular weight is 251 g/mol. The standard InChI is InChI=1S/C15H25NO2/c1-12-7-6-8-13(2)14(12)18-10-9-16(5)11-15(3,4)17/h6-8,17H,9-11H2,1-5H3. The van der Waals surface area contributed by atoms with Gasteiger partial charge in [0.1, 0.15) is 12.4 Å². The summed E-state index contributed by atoms with van der Waals surface area (Å²) < 4.78 is 5.83. The molecule has 102 valence electrons. The zero-order valence-corrected chi connectivity index (χ0v) is 12.2. The summed E-state index contributed by atoms with van der Waals surface area (Å²) in [7, 11) is 1.99. The Morgan fingerprint density at radius 2 is 1.78 bits per heavy atom. The Morgan fingerprint density at radius 3 is 2.28 bits per heavy atom. The highest BCUT2D eigenvalue weighted by Gasteiger charge is 2.15. The SMILES string of the molecule is Cc1cccc(C)c1OCCN(C)CC(C)(C)O. The summed E-state index contributed by atoms with van der Waals surface area (Å²) in [5.74, 6) is 0.981. The molecular formula is C15H25NO2. The van der Waals surface area contributed by atoms with Crippen LogP contribution in [0.1, 0.15) is 25.0 Å². The highest BCUT2D eigenvalue weighted by molar-refractivity contribution is 5.39. The molecule has 0 aliphatic carbocycles. The number of benzene rings is 1. The Morgan fingerprint density at radius 1 is 1.22 bits per heavy atom. The molecule has 0 aromatic heterocycles. The van der Waals surface area contributed by atoms with Crippen LogP contribution in [0.15, 0.2) is 18.2 Å². The van der Waals surface area contributed by atoms with Gasteiger partial charge in [0.25, 0.3) is 0 Å². The van der Waals surface area contributed by atoms with E-state index in [1.54, 1.807) is 0 Å². The molecule has 3 nitrogen and oxygen atoms in total. The Bertz CT molecular complexity index is 362. The molecule has 0 fully saturated rings. The van der Waals surface area contributed by atoms with Crippen LogP contribution in [0.4, 0.5) is 0 Å². The van der Waals surface area contributed by atoms with E-state index in [0.29, 0.717) is 13.2 Å². The van der Waals surface area contributed by atoms with Crippen molar-refractivity contribution >= 4 is 0 Å². The highest BCUT2D eigenvalue weighted by atomic mass is 16.5. The summed E-state index contributed by atoms with van der Waals surface area (Å²) in [5, 5.41) is 9.71. The fourth-order valence-electron chi connectivity index (χ4n) is 2.07. The molecule has 1 N–H and O–H groups in total. The van der Waals surface area contributed by atoms with Gasteiger partial charge in [0, 0.05) is 13.1 Å². The van der Waals surface area contributed by atoms with Gasteiger partial charge < -0.3 is 14.7 Å². The first-order valence-electron chi connectivity index (χ1n) is 6.39. The molecule has 0 amide bonds. The number of hydrogen-bond donors (Lipinski definition) is 1. The van der Waals surface area contributed by atoms with Crippen LogP contribution in [-0.2, 0) is 0 Å². The predicted octanol–water partition coefficient (Wildman–Crippen LogP) is 2.38. The summed E-state index contributed by atoms with van der Waals surface area (Å²) in [6, 6.07) is 6.16. The van der Waals surface area contributed by atoms with Crippen LogP contribution < -0.4 is 4.74 Å². The average Bonchev–Trinajstić information content (AvgIpc) is 2.19. The number of aryl methyl sites for hydroxylation is 2. The maximum absolute atomic E-state index is 9.71. The smallest absolute Gasteiger partial charge is 0.125 e. The van der Waals surface area contributed by atoms with E-state index in [4.69, 9.17) is 4.74 Å². The van der Waals surface area contributed by atoms with Gasteiger partial charge in [0.2, 0.25) is 0 Å². The lowest BCUT2D eigenvalue weighted by Crippen LogP contribution is -2.38. The summed E-state index contributed by atoms with van der Waals surface area (Å²) in [4.78, 5) is 2.08. The lowest BCUT2D eigenvalue weighted by Gasteiger charge is -2.25. The molecule has 0 saturated carbocycles. The molecule has 0 aliphatic heterocycles. The second kappa shape index (κ2) is 6.21. The van der Waals surface area contributed by atoms with E-state index >= 15 is 0 Å². The molecule has 0 bridgehead atoms. The first kappa shape index (κ1) is 15.0. The third-order valence-electron chi connectivity index (χ3n) is 2.79. The van der Waals surface area contributed by atoms with Crippen molar-refractivity contribution in [3.63, 3.8) is 0 Å². The summed E-state index contributed by atoms with van der Waals surface area (Å²) in [6.45, 7) is 9.83. The number of hydrogen-bond acceptors (Lipinski definition) is 3. The Hall–Kier alpha value is -1.06. The molecule has 3 heteroatoms. The largest absolute Gasteiger partial charge is 0.492 e. The first-order valence-corrected chi connectivity index (χ1v) is 6.39. The second-order valence-electron chi connectivity index (χ2n) is 5.62. The molecule has 0 saturated heterocycles. The summed E-state index contributed by atoms with van der Waals surface area (Å²) >= 11 is 0. The van der Waals surface area contributed by atoms with Gasteiger partial charge >= 0.3 is 0 Å². The van der Waals surface area contributed by atoms with Crippen molar-refractivity contribution in [3.8, 4) is 5.75 Å². The van der Waals surface area contributed by atoms with Gasteiger partial charge in [-0.2, -0.15) is 0 Å². The molecule has 1 aromatic rings. The van der Waals surface area contributed by atoms with Crippen molar-refractivity contribution in [2.75, 3.05) is 26.7 Å². The van der Waals surface area contributed by atoms with Crippen LogP contribution in [-0.4, -0.2) is 42.4 Å². The minimum atomic E-state index is -0.659. The molecule has 18 heavy (non-hydrogen) atoms. The molecule has 0 aliphatic rings. The Labute approximate surface area is 110 Å². The molecule has 0 radical (unpaired) electrons. The number of aliphatic hydroxyl groups is 1. The van der Waals surface area contributed by atoms with Gasteiger partial charge in [-0.15, -0.1) is 0 Å². The number of rotatable bonds is 6. The molecule has 0 heterocycles. The molecule has 0 atom stereocenters. The van der Waals surface area contributed by atoms with Crippen LogP contribution in [0.3, 0.4) is 0 Å². The quantitative estimate of drug-likeness (QED) is 0.842. The van der Waals surface area contributed by atoms with Crippen molar-refractivity contribution in [2.45, 2.75) is 33.3 Å². The van der Waals surface area contributed by atoms with Crippen molar-refractivity contribution in [2.24, 2.45) is 0 Å². The molecule has 0 spiro atoms. The maximum atomic E-state index is 9.71. The molecule has 1 rings (SSSR count). The minimum absolute atomic E-state index is 0.637. The summed E-state index contributed by atoms with van der Waals surface area (Å²) in [5.41, 5.74) is 1.67.